The lowest BCUT2D eigenvalue weighted by Gasteiger charge is -2.10. The summed E-state index contributed by atoms with van der Waals surface area (Å²) in [5, 5.41) is 9.10. The molecule has 3 nitrogen and oxygen atoms in total. The number of hydrogen-bond acceptors (Lipinski definition) is 2. The van der Waals surface area contributed by atoms with Crippen molar-refractivity contribution >= 4 is 21.9 Å². The van der Waals surface area contributed by atoms with Crippen LogP contribution in [0.25, 0.3) is 0 Å². The van der Waals surface area contributed by atoms with Crippen LogP contribution in [0.1, 0.15) is 15.9 Å². The van der Waals surface area contributed by atoms with Crippen LogP contribution in [0, 0.1) is 12.7 Å². The number of halogens is 2. The number of carboxylic acid groups (broad SMARTS) is 1. The topological polar surface area (TPSA) is 46.5 Å². The fraction of sp³-hybridized carbons (Fsp3) is 0.0714. The molecule has 0 radical (unpaired) electrons. The van der Waals surface area contributed by atoms with Crippen LogP contribution >= 0.6 is 15.9 Å². The van der Waals surface area contributed by atoms with E-state index in [-0.39, 0.29) is 17.1 Å². The molecule has 1 N–H and O–H groups in total. The second-order valence-corrected chi connectivity index (χ2v) is 4.85. The molecule has 0 atom stereocenters. The van der Waals surface area contributed by atoms with Gasteiger partial charge < -0.3 is 9.84 Å². The highest BCUT2D eigenvalue weighted by Gasteiger charge is 2.14. The first-order chi connectivity index (χ1) is 8.99. The molecule has 0 aromatic heterocycles. The van der Waals surface area contributed by atoms with E-state index in [4.69, 9.17) is 9.84 Å². The minimum Gasteiger partial charge on any atom is -0.478 e. The van der Waals surface area contributed by atoms with E-state index >= 15 is 0 Å². The van der Waals surface area contributed by atoms with Crippen molar-refractivity contribution in [2.75, 3.05) is 0 Å². The second-order valence-electron chi connectivity index (χ2n) is 3.93. The molecule has 5 heteroatoms. The van der Waals surface area contributed by atoms with E-state index in [1.165, 1.54) is 18.2 Å². The third kappa shape index (κ3) is 2.93. The number of rotatable bonds is 3. The van der Waals surface area contributed by atoms with Crippen molar-refractivity contribution in [1.82, 2.24) is 0 Å². The SMILES string of the molecule is Cc1cccc(Oc2ccc(Br)cc2C(=O)O)c1F. The van der Waals surface area contributed by atoms with Gasteiger partial charge in [-0.15, -0.1) is 0 Å². The van der Waals surface area contributed by atoms with Crippen molar-refractivity contribution in [3.63, 3.8) is 0 Å². The van der Waals surface area contributed by atoms with Crippen LogP contribution in [0.4, 0.5) is 4.39 Å². The Labute approximate surface area is 117 Å². The highest BCUT2D eigenvalue weighted by atomic mass is 79.9. The standard InChI is InChI=1S/C14H10BrFO3/c1-8-3-2-4-12(13(8)16)19-11-6-5-9(15)7-10(11)14(17)18/h2-7H,1H3,(H,17,18). The van der Waals surface area contributed by atoms with E-state index in [2.05, 4.69) is 15.9 Å². The summed E-state index contributed by atoms with van der Waals surface area (Å²) in [6, 6.07) is 9.24. The summed E-state index contributed by atoms with van der Waals surface area (Å²) in [7, 11) is 0. The fourth-order valence-electron chi connectivity index (χ4n) is 1.58. The monoisotopic (exact) mass is 324 g/mol. The van der Waals surface area contributed by atoms with Crippen molar-refractivity contribution in [3.8, 4) is 11.5 Å². The van der Waals surface area contributed by atoms with Gasteiger partial charge in [-0.25, -0.2) is 9.18 Å². The van der Waals surface area contributed by atoms with Gasteiger partial charge in [0.1, 0.15) is 11.3 Å². The Kier molecular flexibility index (Phi) is 3.85. The van der Waals surface area contributed by atoms with Gasteiger partial charge in [0.05, 0.1) is 0 Å². The van der Waals surface area contributed by atoms with E-state index in [0.29, 0.717) is 10.0 Å². The zero-order valence-electron chi connectivity index (χ0n) is 9.98. The fourth-order valence-corrected chi connectivity index (χ4v) is 1.94. The Morgan fingerprint density at radius 3 is 2.68 bits per heavy atom. The van der Waals surface area contributed by atoms with Crippen molar-refractivity contribution < 1.29 is 19.0 Å². The lowest BCUT2D eigenvalue weighted by Crippen LogP contribution is -2.01. The van der Waals surface area contributed by atoms with E-state index in [9.17, 15) is 9.18 Å². The average molecular weight is 325 g/mol. The molecule has 2 aromatic carbocycles. The van der Waals surface area contributed by atoms with Gasteiger partial charge in [-0.3, -0.25) is 0 Å². The maximum absolute atomic E-state index is 13.8. The molecule has 0 fully saturated rings. The van der Waals surface area contributed by atoms with Crippen molar-refractivity contribution in [2.45, 2.75) is 6.92 Å². The van der Waals surface area contributed by atoms with Crippen LogP contribution in [-0.4, -0.2) is 11.1 Å². The molecule has 2 rings (SSSR count). The maximum Gasteiger partial charge on any atom is 0.339 e. The summed E-state index contributed by atoms with van der Waals surface area (Å²) in [6.07, 6.45) is 0. The maximum atomic E-state index is 13.8. The van der Waals surface area contributed by atoms with Crippen LogP contribution in [0.5, 0.6) is 11.5 Å². The summed E-state index contributed by atoms with van der Waals surface area (Å²) in [5.41, 5.74) is 0.404. The van der Waals surface area contributed by atoms with Gasteiger partial charge in [0.15, 0.2) is 11.6 Å². The number of carboxylic acids is 1. The smallest absolute Gasteiger partial charge is 0.339 e. The van der Waals surface area contributed by atoms with Crippen LogP contribution in [0.3, 0.4) is 0 Å². The highest BCUT2D eigenvalue weighted by Crippen LogP contribution is 2.30. The lowest BCUT2D eigenvalue weighted by atomic mass is 10.2. The zero-order valence-corrected chi connectivity index (χ0v) is 11.6. The minimum atomic E-state index is -1.13. The van der Waals surface area contributed by atoms with Gasteiger partial charge in [0.2, 0.25) is 0 Å². The predicted molar refractivity (Wildman–Crippen MR) is 72.3 cm³/mol. The second kappa shape index (κ2) is 5.40. The first kappa shape index (κ1) is 13.5. The predicted octanol–water partition coefficient (Wildman–Crippen LogP) is 4.39. The Hall–Kier alpha value is -1.88. The Morgan fingerprint density at radius 1 is 1.26 bits per heavy atom. The number of aryl methyl sites for hydroxylation is 1. The molecular weight excluding hydrogens is 315 g/mol. The molecule has 2 aromatic rings. The van der Waals surface area contributed by atoms with Crippen LogP contribution < -0.4 is 4.74 Å². The number of hydrogen-bond donors (Lipinski definition) is 1. The molecular formula is C14H10BrFO3. The van der Waals surface area contributed by atoms with Crippen LogP contribution in [0.15, 0.2) is 40.9 Å². The van der Waals surface area contributed by atoms with E-state index in [1.54, 1.807) is 25.1 Å². The van der Waals surface area contributed by atoms with Crippen LogP contribution in [-0.2, 0) is 0 Å². The van der Waals surface area contributed by atoms with Gasteiger partial charge >= 0.3 is 5.97 Å². The number of aromatic carboxylic acids is 1. The molecule has 0 aliphatic carbocycles. The van der Waals surface area contributed by atoms with E-state index in [0.717, 1.165) is 0 Å². The van der Waals surface area contributed by atoms with Gasteiger partial charge in [-0.2, -0.15) is 0 Å². The molecule has 0 unspecified atom stereocenters. The highest BCUT2D eigenvalue weighted by molar-refractivity contribution is 9.10. The Morgan fingerprint density at radius 2 is 2.00 bits per heavy atom. The molecule has 0 amide bonds. The molecule has 98 valence electrons. The summed E-state index contributed by atoms with van der Waals surface area (Å²) in [6.45, 7) is 1.61. The number of benzene rings is 2. The number of carbonyl (C=O) groups is 1. The van der Waals surface area contributed by atoms with Gasteiger partial charge in [0.25, 0.3) is 0 Å². The van der Waals surface area contributed by atoms with Gasteiger partial charge in [-0.05, 0) is 36.8 Å². The van der Waals surface area contributed by atoms with Crippen LogP contribution in [0.2, 0.25) is 0 Å². The normalized spacial score (nSPS) is 10.3. The van der Waals surface area contributed by atoms with Crippen molar-refractivity contribution in [2.24, 2.45) is 0 Å². The van der Waals surface area contributed by atoms with E-state index < -0.39 is 11.8 Å². The lowest BCUT2D eigenvalue weighted by molar-refractivity contribution is 0.0694. The largest absolute Gasteiger partial charge is 0.478 e. The molecule has 0 saturated carbocycles. The van der Waals surface area contributed by atoms with E-state index in [1.807, 2.05) is 0 Å². The first-order valence-corrected chi connectivity index (χ1v) is 6.24. The van der Waals surface area contributed by atoms with Gasteiger partial charge in [-0.1, -0.05) is 28.1 Å². The Balaban J connectivity index is 2.44. The summed E-state index contributed by atoms with van der Waals surface area (Å²) in [5.74, 6) is -1.53. The molecule has 0 bridgehead atoms. The molecule has 0 heterocycles. The zero-order chi connectivity index (χ0) is 14.0. The number of ether oxygens (including phenoxy) is 1. The molecule has 19 heavy (non-hydrogen) atoms. The van der Waals surface area contributed by atoms with Gasteiger partial charge in [0, 0.05) is 4.47 Å². The van der Waals surface area contributed by atoms with Crippen molar-refractivity contribution in [3.05, 3.63) is 57.8 Å². The van der Waals surface area contributed by atoms with Crippen molar-refractivity contribution in [1.29, 1.82) is 0 Å². The molecule has 0 saturated heterocycles. The third-order valence-electron chi connectivity index (χ3n) is 2.55. The average Bonchev–Trinajstić information content (AvgIpc) is 2.36. The minimum absolute atomic E-state index is 0.00447. The Bertz CT molecular complexity index is 641. The summed E-state index contributed by atoms with van der Waals surface area (Å²) < 4.78 is 19.8. The quantitative estimate of drug-likeness (QED) is 0.910. The summed E-state index contributed by atoms with van der Waals surface area (Å²) >= 11 is 3.18. The third-order valence-corrected chi connectivity index (χ3v) is 3.04. The molecule has 0 spiro atoms. The summed E-state index contributed by atoms with van der Waals surface area (Å²) in [4.78, 5) is 11.1. The molecule has 0 aliphatic rings. The first-order valence-electron chi connectivity index (χ1n) is 5.45. The molecule has 0 aliphatic heterocycles.